The van der Waals surface area contributed by atoms with E-state index in [0.29, 0.717) is 22.9 Å². The van der Waals surface area contributed by atoms with E-state index in [1.54, 1.807) is 36.5 Å². The molecule has 0 saturated carbocycles. The van der Waals surface area contributed by atoms with Crippen LogP contribution in [0.4, 0.5) is 10.7 Å². The number of aromatic nitrogens is 3. The lowest BCUT2D eigenvalue weighted by Gasteiger charge is -2.17. The molecule has 0 aliphatic rings. The van der Waals surface area contributed by atoms with E-state index in [-0.39, 0.29) is 42.1 Å². The van der Waals surface area contributed by atoms with E-state index in [4.69, 9.17) is 15.9 Å². The number of carboxylic acids is 1. The van der Waals surface area contributed by atoms with Crippen LogP contribution >= 0.6 is 12.4 Å². The zero-order valence-electron chi connectivity index (χ0n) is 20.3. The fourth-order valence-corrected chi connectivity index (χ4v) is 3.84. The minimum atomic E-state index is -1.26. The second-order valence-electron chi connectivity index (χ2n) is 8.26. The molecule has 2 heterocycles. The summed E-state index contributed by atoms with van der Waals surface area (Å²) >= 11 is 0. The van der Waals surface area contributed by atoms with Crippen LogP contribution in [0.5, 0.6) is 5.75 Å². The van der Waals surface area contributed by atoms with Crippen LogP contribution in [0.3, 0.4) is 0 Å². The number of halogens is 1. The number of fused-ring (bicyclic) bond motifs is 1. The van der Waals surface area contributed by atoms with Gasteiger partial charge in [-0.15, -0.1) is 12.4 Å². The van der Waals surface area contributed by atoms with Crippen LogP contribution in [-0.4, -0.2) is 49.9 Å². The lowest BCUT2D eigenvalue weighted by Crippen LogP contribution is -2.38. The number of Topliss-reactive ketones (excluding diaryl/α,β-unsaturated/α-hetero) is 1. The van der Waals surface area contributed by atoms with Gasteiger partial charge in [-0.05, 0) is 36.2 Å². The number of nitrogen functional groups attached to an aromatic ring is 1. The number of hydrogen-bond acceptors (Lipinski definition) is 7. The van der Waals surface area contributed by atoms with Crippen LogP contribution in [0.2, 0.25) is 0 Å². The van der Waals surface area contributed by atoms with E-state index in [1.807, 2.05) is 23.7 Å². The molecule has 2 aromatic heterocycles. The van der Waals surface area contributed by atoms with E-state index < -0.39 is 18.6 Å². The maximum atomic E-state index is 13.1. The number of nitrogens with zero attached hydrogens (tertiary/aromatic N) is 4. The fourth-order valence-electron chi connectivity index (χ4n) is 3.84. The number of aliphatic carboxylic acids is 1. The molecule has 0 bridgehead atoms. The highest BCUT2D eigenvalue weighted by Gasteiger charge is 2.24. The van der Waals surface area contributed by atoms with Crippen molar-refractivity contribution in [1.29, 1.82) is 5.41 Å². The normalized spacial score (nSPS) is 10.4. The average molecular weight is 537 g/mol. The summed E-state index contributed by atoms with van der Waals surface area (Å²) in [4.78, 5) is 45.9. The van der Waals surface area contributed by atoms with Gasteiger partial charge in [0.05, 0.1) is 0 Å². The Morgan fingerprint density at radius 2 is 1.79 bits per heavy atom. The maximum Gasteiger partial charge on any atom is 0.422 e. The Kier molecular flexibility index (Phi) is 8.77. The molecule has 0 radical (unpaired) electrons. The van der Waals surface area contributed by atoms with E-state index in [1.165, 1.54) is 18.5 Å². The summed E-state index contributed by atoms with van der Waals surface area (Å²) in [6, 6.07) is 13.6. The summed E-state index contributed by atoms with van der Waals surface area (Å²) in [7, 11) is 1.81. The molecule has 0 aliphatic carbocycles. The Hall–Kier alpha value is -4.77. The van der Waals surface area contributed by atoms with Gasteiger partial charge in [-0.1, -0.05) is 24.3 Å². The molecule has 0 fully saturated rings. The van der Waals surface area contributed by atoms with Crippen molar-refractivity contribution in [3.05, 3.63) is 83.8 Å². The van der Waals surface area contributed by atoms with Gasteiger partial charge in [-0.25, -0.2) is 19.7 Å². The third-order valence-corrected chi connectivity index (χ3v) is 5.68. The molecular weight excluding hydrogens is 512 g/mol. The van der Waals surface area contributed by atoms with Gasteiger partial charge in [0, 0.05) is 54.1 Å². The Bertz CT molecular complexity index is 1490. The summed E-state index contributed by atoms with van der Waals surface area (Å²) in [6.45, 7) is -0.687. The summed E-state index contributed by atoms with van der Waals surface area (Å²) < 4.78 is 7.25. The van der Waals surface area contributed by atoms with Gasteiger partial charge in [0.15, 0.2) is 5.78 Å². The smallest absolute Gasteiger partial charge is 0.422 e. The second-order valence-corrected chi connectivity index (χ2v) is 8.26. The molecule has 0 spiro atoms. The van der Waals surface area contributed by atoms with Crippen molar-refractivity contribution in [2.24, 2.45) is 12.8 Å². The lowest BCUT2D eigenvalue weighted by molar-refractivity contribution is -0.135. The standard InChI is InChI=1S/C26H24N6O5.ClH/c1-31-14-20(22(33)10-5-16-3-6-17(7-4-16)24(27)28)19-13-18(8-9-21(19)31)37-26(36)32(15-23(34)35)25-29-11-2-12-30-25;/h2-4,6-9,11-14H,5,10,15H2,1H3,(H3,27,28)(H,34,35);1H. The molecule has 2 aromatic carbocycles. The first-order valence-electron chi connectivity index (χ1n) is 11.3. The number of carbonyl (C=O) groups is 3. The van der Waals surface area contributed by atoms with Crippen molar-refractivity contribution < 1.29 is 24.2 Å². The predicted octanol–water partition coefficient (Wildman–Crippen LogP) is 3.58. The van der Waals surface area contributed by atoms with Crippen LogP contribution in [0.1, 0.15) is 27.9 Å². The van der Waals surface area contributed by atoms with Gasteiger partial charge < -0.3 is 20.1 Å². The second kappa shape index (κ2) is 12.0. The molecule has 0 aliphatic heterocycles. The first kappa shape index (κ1) is 27.8. The monoisotopic (exact) mass is 536 g/mol. The number of ketones is 1. The molecule has 1 amide bonds. The summed E-state index contributed by atoms with van der Waals surface area (Å²) in [5.41, 5.74) is 8.29. The predicted molar refractivity (Wildman–Crippen MR) is 143 cm³/mol. The van der Waals surface area contributed by atoms with Gasteiger partial charge in [-0.3, -0.25) is 15.0 Å². The van der Waals surface area contributed by atoms with Crippen molar-refractivity contribution in [3.8, 4) is 5.75 Å². The zero-order valence-corrected chi connectivity index (χ0v) is 21.1. The minimum absolute atomic E-state index is 0. The van der Waals surface area contributed by atoms with E-state index >= 15 is 0 Å². The molecular formula is C26H25ClN6O5. The van der Waals surface area contributed by atoms with E-state index in [0.717, 1.165) is 16.0 Å². The lowest BCUT2D eigenvalue weighted by atomic mass is 10.0. The van der Waals surface area contributed by atoms with Gasteiger partial charge in [0.1, 0.15) is 18.1 Å². The molecule has 0 unspecified atom stereocenters. The third kappa shape index (κ3) is 6.31. The van der Waals surface area contributed by atoms with Gasteiger partial charge in [-0.2, -0.15) is 0 Å². The van der Waals surface area contributed by atoms with Gasteiger partial charge in [0.2, 0.25) is 5.95 Å². The zero-order chi connectivity index (χ0) is 26.5. The summed E-state index contributed by atoms with van der Waals surface area (Å²) in [5.74, 6) is -1.33. The Morgan fingerprint density at radius 3 is 2.42 bits per heavy atom. The number of nitrogens with one attached hydrogen (secondary N) is 1. The third-order valence-electron chi connectivity index (χ3n) is 5.68. The largest absolute Gasteiger partial charge is 0.480 e. The average Bonchev–Trinajstić information content (AvgIpc) is 3.22. The number of carboxylic acid groups (broad SMARTS) is 1. The Morgan fingerprint density at radius 1 is 1.11 bits per heavy atom. The minimum Gasteiger partial charge on any atom is -0.480 e. The Labute approximate surface area is 223 Å². The van der Waals surface area contributed by atoms with Crippen LogP contribution in [0.15, 0.2) is 67.1 Å². The summed E-state index contributed by atoms with van der Waals surface area (Å²) in [5, 5.41) is 17.3. The summed E-state index contributed by atoms with van der Waals surface area (Å²) in [6.07, 6.45) is 4.28. The number of amides is 1. The quantitative estimate of drug-likeness (QED) is 0.166. The number of hydrogen-bond donors (Lipinski definition) is 3. The molecule has 11 nitrogen and oxygen atoms in total. The highest BCUT2D eigenvalue weighted by atomic mass is 35.5. The molecule has 0 atom stereocenters. The van der Waals surface area contributed by atoms with Crippen LogP contribution < -0.4 is 15.4 Å². The first-order valence-corrected chi connectivity index (χ1v) is 11.3. The van der Waals surface area contributed by atoms with Crippen LogP contribution in [-0.2, 0) is 18.3 Å². The SMILES string of the molecule is Cl.Cn1cc(C(=O)CCc2ccc(C(=N)N)cc2)c2cc(OC(=O)N(CC(=O)O)c3ncccn3)ccc21. The molecule has 4 aromatic rings. The van der Waals surface area contributed by atoms with Crippen molar-refractivity contribution in [2.45, 2.75) is 12.8 Å². The van der Waals surface area contributed by atoms with Crippen molar-refractivity contribution >= 4 is 52.9 Å². The van der Waals surface area contributed by atoms with Gasteiger partial charge >= 0.3 is 12.1 Å². The first-order chi connectivity index (χ1) is 17.7. The van der Waals surface area contributed by atoms with Crippen LogP contribution in [0, 0.1) is 5.41 Å². The van der Waals surface area contributed by atoms with Crippen LogP contribution in [0.25, 0.3) is 10.9 Å². The molecule has 12 heteroatoms. The number of ether oxygens (including phenoxy) is 1. The van der Waals surface area contributed by atoms with Crippen molar-refractivity contribution in [3.63, 3.8) is 0 Å². The highest BCUT2D eigenvalue weighted by molar-refractivity contribution is 6.08. The van der Waals surface area contributed by atoms with E-state index in [2.05, 4.69) is 9.97 Å². The number of anilines is 1. The van der Waals surface area contributed by atoms with E-state index in [9.17, 15) is 19.5 Å². The number of rotatable bonds is 9. The molecule has 0 saturated heterocycles. The number of nitrogens with two attached hydrogens (primary N) is 1. The molecule has 4 N–H and O–H groups in total. The molecule has 196 valence electrons. The number of aryl methyl sites for hydroxylation is 2. The molecule has 4 rings (SSSR count). The molecule has 38 heavy (non-hydrogen) atoms. The maximum absolute atomic E-state index is 13.1. The fraction of sp³-hybridized carbons (Fsp3) is 0.154. The Balaban J connectivity index is 0.00000400. The number of amidine groups is 1. The highest BCUT2D eigenvalue weighted by Crippen LogP contribution is 2.27. The number of carbonyl (C=O) groups excluding carboxylic acids is 2. The topological polar surface area (TPSA) is 164 Å². The van der Waals surface area contributed by atoms with Crippen molar-refractivity contribution in [1.82, 2.24) is 14.5 Å². The number of benzene rings is 2. The van der Waals surface area contributed by atoms with Crippen molar-refractivity contribution in [2.75, 3.05) is 11.4 Å². The van der Waals surface area contributed by atoms with Gasteiger partial charge in [0.25, 0.3) is 0 Å².